The SMILES string of the molecule is COc1ccc(CNc2cc(C)nc(NCCc3ccc(F)cc3)n2)cc1OC. The summed E-state index contributed by atoms with van der Waals surface area (Å²) in [6, 6.07) is 14.2. The van der Waals surface area contributed by atoms with Crippen LogP contribution in [0.2, 0.25) is 0 Å². The van der Waals surface area contributed by atoms with Crippen LogP contribution in [0.15, 0.2) is 48.5 Å². The predicted octanol–water partition coefficient (Wildman–Crippen LogP) is 4.21. The number of hydrogen-bond acceptors (Lipinski definition) is 6. The summed E-state index contributed by atoms with van der Waals surface area (Å²) in [5.74, 6) is 2.45. The molecule has 7 heteroatoms. The summed E-state index contributed by atoms with van der Waals surface area (Å²) in [5, 5.41) is 6.54. The molecule has 0 aliphatic rings. The third kappa shape index (κ3) is 5.81. The lowest BCUT2D eigenvalue weighted by Gasteiger charge is -2.12. The number of aromatic nitrogens is 2. The zero-order chi connectivity index (χ0) is 20.6. The van der Waals surface area contributed by atoms with E-state index in [0.29, 0.717) is 30.5 Å². The average molecular weight is 396 g/mol. The molecule has 3 aromatic rings. The van der Waals surface area contributed by atoms with Gasteiger partial charge < -0.3 is 20.1 Å². The Morgan fingerprint density at radius 1 is 0.862 bits per heavy atom. The molecule has 1 aromatic heterocycles. The van der Waals surface area contributed by atoms with Gasteiger partial charge in [-0.05, 0) is 48.7 Å². The van der Waals surface area contributed by atoms with Crippen LogP contribution in [0.5, 0.6) is 11.5 Å². The number of aryl methyl sites for hydroxylation is 1. The summed E-state index contributed by atoms with van der Waals surface area (Å²) in [5.41, 5.74) is 2.96. The molecule has 0 saturated carbocycles. The van der Waals surface area contributed by atoms with Crippen LogP contribution in [0.3, 0.4) is 0 Å². The summed E-state index contributed by atoms with van der Waals surface area (Å²) < 4.78 is 23.6. The zero-order valence-corrected chi connectivity index (χ0v) is 16.8. The molecule has 0 saturated heterocycles. The minimum Gasteiger partial charge on any atom is -0.493 e. The van der Waals surface area contributed by atoms with Gasteiger partial charge in [-0.15, -0.1) is 0 Å². The van der Waals surface area contributed by atoms with Gasteiger partial charge in [0.2, 0.25) is 5.95 Å². The van der Waals surface area contributed by atoms with Crippen LogP contribution in [0, 0.1) is 12.7 Å². The van der Waals surface area contributed by atoms with Gasteiger partial charge in [0.05, 0.1) is 14.2 Å². The molecule has 2 N–H and O–H groups in total. The highest BCUT2D eigenvalue weighted by Gasteiger charge is 2.06. The Bertz CT molecular complexity index is 948. The van der Waals surface area contributed by atoms with Crippen molar-refractivity contribution < 1.29 is 13.9 Å². The molecule has 0 aliphatic heterocycles. The average Bonchev–Trinajstić information content (AvgIpc) is 2.73. The van der Waals surface area contributed by atoms with E-state index in [4.69, 9.17) is 9.47 Å². The maximum atomic E-state index is 13.0. The molecule has 29 heavy (non-hydrogen) atoms. The Morgan fingerprint density at radius 2 is 1.59 bits per heavy atom. The van der Waals surface area contributed by atoms with Crippen molar-refractivity contribution in [2.24, 2.45) is 0 Å². The van der Waals surface area contributed by atoms with E-state index in [2.05, 4.69) is 20.6 Å². The number of anilines is 2. The van der Waals surface area contributed by atoms with Crippen molar-refractivity contribution in [2.75, 3.05) is 31.4 Å². The Balaban J connectivity index is 1.59. The van der Waals surface area contributed by atoms with Gasteiger partial charge in [-0.1, -0.05) is 18.2 Å². The smallest absolute Gasteiger partial charge is 0.224 e. The number of ether oxygens (including phenoxy) is 2. The van der Waals surface area contributed by atoms with Crippen molar-refractivity contribution in [1.82, 2.24) is 9.97 Å². The molecular weight excluding hydrogens is 371 g/mol. The molecule has 0 radical (unpaired) electrons. The quantitative estimate of drug-likeness (QED) is 0.565. The maximum Gasteiger partial charge on any atom is 0.224 e. The highest BCUT2D eigenvalue weighted by Crippen LogP contribution is 2.27. The standard InChI is InChI=1S/C22H25FN4O2/c1-15-12-21(25-14-17-6-9-19(28-2)20(13-17)29-3)27-22(26-15)24-11-10-16-4-7-18(23)8-5-16/h4-9,12-13H,10-11,14H2,1-3H3,(H2,24,25,26,27). The van der Waals surface area contributed by atoms with Crippen molar-refractivity contribution in [3.05, 3.63) is 71.2 Å². The predicted molar refractivity (Wildman–Crippen MR) is 112 cm³/mol. The van der Waals surface area contributed by atoms with Gasteiger partial charge in [-0.25, -0.2) is 9.37 Å². The lowest BCUT2D eigenvalue weighted by Crippen LogP contribution is -2.10. The largest absolute Gasteiger partial charge is 0.493 e. The van der Waals surface area contributed by atoms with Crippen molar-refractivity contribution >= 4 is 11.8 Å². The number of hydrogen-bond donors (Lipinski definition) is 2. The Kier molecular flexibility index (Phi) is 6.84. The number of rotatable bonds is 9. The lowest BCUT2D eigenvalue weighted by molar-refractivity contribution is 0.354. The topological polar surface area (TPSA) is 68.3 Å². The van der Waals surface area contributed by atoms with Crippen LogP contribution in [-0.4, -0.2) is 30.7 Å². The number of nitrogens with one attached hydrogen (secondary N) is 2. The zero-order valence-electron chi connectivity index (χ0n) is 16.8. The molecule has 1 heterocycles. The highest BCUT2D eigenvalue weighted by molar-refractivity contribution is 5.46. The molecule has 3 rings (SSSR count). The summed E-state index contributed by atoms with van der Waals surface area (Å²) in [7, 11) is 3.23. The minimum absolute atomic E-state index is 0.228. The first-order valence-corrected chi connectivity index (χ1v) is 9.36. The van der Waals surface area contributed by atoms with E-state index < -0.39 is 0 Å². The fourth-order valence-corrected chi connectivity index (χ4v) is 2.89. The summed E-state index contributed by atoms with van der Waals surface area (Å²) >= 11 is 0. The van der Waals surface area contributed by atoms with Crippen LogP contribution < -0.4 is 20.1 Å². The third-order valence-corrected chi connectivity index (χ3v) is 4.39. The highest BCUT2D eigenvalue weighted by atomic mass is 19.1. The second-order valence-electron chi connectivity index (χ2n) is 6.56. The Labute approximate surface area is 170 Å². The molecule has 0 amide bonds. The van der Waals surface area contributed by atoms with E-state index >= 15 is 0 Å². The normalized spacial score (nSPS) is 10.5. The first-order chi connectivity index (χ1) is 14.1. The van der Waals surface area contributed by atoms with Crippen molar-refractivity contribution in [3.63, 3.8) is 0 Å². The van der Waals surface area contributed by atoms with Crippen molar-refractivity contribution in [3.8, 4) is 11.5 Å². The number of methoxy groups -OCH3 is 2. The molecule has 0 unspecified atom stereocenters. The van der Waals surface area contributed by atoms with E-state index in [-0.39, 0.29) is 5.82 Å². The summed E-state index contributed by atoms with van der Waals surface area (Å²) in [6.45, 7) is 3.17. The maximum absolute atomic E-state index is 13.0. The monoisotopic (exact) mass is 396 g/mol. The molecular formula is C22H25FN4O2. The lowest BCUT2D eigenvalue weighted by atomic mass is 10.1. The molecule has 0 aliphatic carbocycles. The van der Waals surface area contributed by atoms with Gasteiger partial charge in [0.15, 0.2) is 11.5 Å². The van der Waals surface area contributed by atoms with Gasteiger partial charge in [-0.2, -0.15) is 4.98 Å². The Hall–Kier alpha value is -3.35. The van der Waals surface area contributed by atoms with Crippen molar-refractivity contribution in [1.29, 1.82) is 0 Å². The molecule has 2 aromatic carbocycles. The van der Waals surface area contributed by atoms with E-state index in [9.17, 15) is 4.39 Å². The fraction of sp³-hybridized carbons (Fsp3) is 0.273. The van der Waals surface area contributed by atoms with Gasteiger partial charge in [0.1, 0.15) is 11.6 Å². The van der Waals surface area contributed by atoms with E-state index in [1.54, 1.807) is 26.4 Å². The van der Waals surface area contributed by atoms with Crippen LogP contribution in [0.1, 0.15) is 16.8 Å². The van der Waals surface area contributed by atoms with E-state index in [0.717, 1.165) is 29.1 Å². The second-order valence-corrected chi connectivity index (χ2v) is 6.56. The van der Waals surface area contributed by atoms with Gasteiger partial charge in [-0.3, -0.25) is 0 Å². The first kappa shape index (κ1) is 20.4. The van der Waals surface area contributed by atoms with Crippen LogP contribution >= 0.6 is 0 Å². The minimum atomic E-state index is -0.228. The molecule has 0 fully saturated rings. The van der Waals surface area contributed by atoms with Crippen molar-refractivity contribution in [2.45, 2.75) is 19.9 Å². The van der Waals surface area contributed by atoms with Crippen LogP contribution in [0.4, 0.5) is 16.2 Å². The molecule has 0 spiro atoms. The molecule has 152 valence electrons. The van der Waals surface area contributed by atoms with Gasteiger partial charge in [0, 0.05) is 24.8 Å². The summed E-state index contributed by atoms with van der Waals surface area (Å²) in [6.07, 6.45) is 0.756. The summed E-state index contributed by atoms with van der Waals surface area (Å²) in [4.78, 5) is 8.95. The van der Waals surface area contributed by atoms with Gasteiger partial charge >= 0.3 is 0 Å². The number of benzene rings is 2. The van der Waals surface area contributed by atoms with Crippen LogP contribution in [-0.2, 0) is 13.0 Å². The van der Waals surface area contributed by atoms with Gasteiger partial charge in [0.25, 0.3) is 0 Å². The molecule has 0 atom stereocenters. The second kappa shape index (κ2) is 9.73. The van der Waals surface area contributed by atoms with E-state index in [1.807, 2.05) is 31.2 Å². The Morgan fingerprint density at radius 3 is 2.31 bits per heavy atom. The fourth-order valence-electron chi connectivity index (χ4n) is 2.89. The van der Waals surface area contributed by atoms with Crippen LogP contribution in [0.25, 0.3) is 0 Å². The number of nitrogens with zero attached hydrogens (tertiary/aromatic N) is 2. The third-order valence-electron chi connectivity index (χ3n) is 4.39. The van der Waals surface area contributed by atoms with E-state index in [1.165, 1.54) is 12.1 Å². The molecule has 0 bridgehead atoms. The first-order valence-electron chi connectivity index (χ1n) is 9.36. The molecule has 6 nitrogen and oxygen atoms in total. The number of halogens is 1.